The lowest BCUT2D eigenvalue weighted by atomic mass is 9.90. The van der Waals surface area contributed by atoms with Crippen LogP contribution in [-0.2, 0) is 0 Å². The molecule has 30 heavy (non-hydrogen) atoms. The summed E-state index contributed by atoms with van der Waals surface area (Å²) >= 11 is 0. The first-order valence-electron chi connectivity index (χ1n) is 10.1. The summed E-state index contributed by atoms with van der Waals surface area (Å²) in [7, 11) is 0. The van der Waals surface area contributed by atoms with E-state index in [-0.39, 0.29) is 0 Å². The molecule has 0 bridgehead atoms. The minimum atomic E-state index is 0.728. The van der Waals surface area contributed by atoms with Crippen molar-refractivity contribution in [2.75, 3.05) is 5.73 Å². The first-order chi connectivity index (χ1) is 14.8. The number of nitrogen functional groups attached to an aromatic ring is 1. The molecule has 0 fully saturated rings. The maximum absolute atomic E-state index is 5.95. The highest BCUT2D eigenvalue weighted by Crippen LogP contribution is 2.39. The van der Waals surface area contributed by atoms with E-state index in [9.17, 15) is 0 Å². The summed E-state index contributed by atoms with van der Waals surface area (Å²) in [5, 5.41) is 7.82. The fourth-order valence-electron chi connectivity index (χ4n) is 4.36. The van der Waals surface area contributed by atoms with E-state index in [0.717, 1.165) is 17.2 Å². The summed E-state index contributed by atoms with van der Waals surface area (Å²) in [4.78, 5) is 0. The van der Waals surface area contributed by atoms with Gasteiger partial charge in [-0.2, -0.15) is 0 Å². The van der Waals surface area contributed by atoms with Crippen molar-refractivity contribution in [3.63, 3.8) is 0 Å². The van der Waals surface area contributed by atoms with Crippen LogP contribution in [0.1, 0.15) is 0 Å². The van der Waals surface area contributed by atoms with E-state index in [2.05, 4.69) is 66.7 Å². The number of anilines is 1. The number of hydrogen-bond acceptors (Lipinski definition) is 2. The van der Waals surface area contributed by atoms with Crippen molar-refractivity contribution in [2.24, 2.45) is 0 Å². The lowest BCUT2D eigenvalue weighted by Gasteiger charge is -2.14. The van der Waals surface area contributed by atoms with Gasteiger partial charge in [-0.25, -0.2) is 0 Å². The van der Waals surface area contributed by atoms with E-state index in [1.54, 1.807) is 0 Å². The van der Waals surface area contributed by atoms with Crippen LogP contribution in [0, 0.1) is 0 Å². The molecule has 6 aromatic rings. The molecule has 0 spiro atoms. The van der Waals surface area contributed by atoms with Gasteiger partial charge in [0.2, 0.25) is 0 Å². The Hall–Kier alpha value is -4.04. The fourth-order valence-corrected chi connectivity index (χ4v) is 4.36. The lowest BCUT2D eigenvalue weighted by Crippen LogP contribution is -1.88. The van der Waals surface area contributed by atoms with Gasteiger partial charge in [-0.15, -0.1) is 0 Å². The molecule has 142 valence electrons. The SMILES string of the molecule is Nc1ccc(Oc2ccc(-c3ccc4ccc5cccc6ccc3c4c56)cc2)cc1. The molecular formula is C28H19NO. The minimum Gasteiger partial charge on any atom is -0.457 e. The molecule has 0 amide bonds. The summed E-state index contributed by atoms with van der Waals surface area (Å²) in [6.45, 7) is 0. The Bertz CT molecular complexity index is 1480. The predicted molar refractivity (Wildman–Crippen MR) is 127 cm³/mol. The van der Waals surface area contributed by atoms with Crippen LogP contribution >= 0.6 is 0 Å². The number of rotatable bonds is 3. The maximum Gasteiger partial charge on any atom is 0.127 e. The Kier molecular flexibility index (Phi) is 3.65. The van der Waals surface area contributed by atoms with Gasteiger partial charge in [0.25, 0.3) is 0 Å². The van der Waals surface area contributed by atoms with Crippen molar-refractivity contribution < 1.29 is 4.74 Å². The van der Waals surface area contributed by atoms with Gasteiger partial charge in [-0.05, 0) is 79.8 Å². The molecule has 0 radical (unpaired) electrons. The van der Waals surface area contributed by atoms with Crippen molar-refractivity contribution in [1.82, 2.24) is 0 Å². The molecule has 0 heterocycles. The monoisotopic (exact) mass is 385 g/mol. The van der Waals surface area contributed by atoms with Crippen LogP contribution in [0.3, 0.4) is 0 Å². The van der Waals surface area contributed by atoms with Crippen LogP contribution < -0.4 is 10.5 Å². The second kappa shape index (κ2) is 6.50. The third-order valence-electron chi connectivity index (χ3n) is 5.81. The molecule has 0 aromatic heterocycles. The molecule has 0 saturated carbocycles. The van der Waals surface area contributed by atoms with Crippen LogP contribution in [0.15, 0.2) is 103 Å². The van der Waals surface area contributed by atoms with Gasteiger partial charge in [-0.3, -0.25) is 0 Å². The normalized spacial score (nSPS) is 11.5. The first-order valence-corrected chi connectivity index (χ1v) is 10.1. The number of benzene rings is 6. The Balaban J connectivity index is 1.45. The van der Waals surface area contributed by atoms with Gasteiger partial charge in [0.05, 0.1) is 0 Å². The van der Waals surface area contributed by atoms with Crippen LogP contribution in [0.2, 0.25) is 0 Å². The molecule has 2 nitrogen and oxygen atoms in total. The molecule has 6 aromatic carbocycles. The number of nitrogens with two attached hydrogens (primary N) is 1. The Morgan fingerprint density at radius 3 is 1.77 bits per heavy atom. The van der Waals surface area contributed by atoms with Gasteiger partial charge in [0.15, 0.2) is 0 Å². The van der Waals surface area contributed by atoms with Crippen LogP contribution in [0.25, 0.3) is 43.4 Å². The predicted octanol–water partition coefficient (Wildman–Crippen LogP) is 7.63. The van der Waals surface area contributed by atoms with Gasteiger partial charge < -0.3 is 10.5 Å². The highest BCUT2D eigenvalue weighted by atomic mass is 16.5. The van der Waals surface area contributed by atoms with Gasteiger partial charge in [0, 0.05) is 5.69 Å². The molecule has 0 aliphatic rings. The standard InChI is InChI=1S/C28H19NO/c29-22-10-14-24(15-11-22)30-23-12-6-18(7-13-23)25-16-8-21-5-4-19-2-1-3-20-9-17-26(25)28(21)27(19)20/h1-17H,29H2. The Morgan fingerprint density at radius 2 is 1.07 bits per heavy atom. The maximum atomic E-state index is 5.95. The Labute approximate surface area is 174 Å². The van der Waals surface area contributed by atoms with Crippen molar-refractivity contribution in [1.29, 1.82) is 0 Å². The van der Waals surface area contributed by atoms with Gasteiger partial charge in [0.1, 0.15) is 11.5 Å². The zero-order valence-electron chi connectivity index (χ0n) is 16.3. The van der Waals surface area contributed by atoms with E-state index < -0.39 is 0 Å². The van der Waals surface area contributed by atoms with E-state index in [0.29, 0.717) is 0 Å². The molecule has 0 aliphatic carbocycles. The zero-order chi connectivity index (χ0) is 20.1. The van der Waals surface area contributed by atoms with Crippen molar-refractivity contribution >= 4 is 38.0 Å². The van der Waals surface area contributed by atoms with Crippen molar-refractivity contribution in [3.8, 4) is 22.6 Å². The number of hydrogen-bond donors (Lipinski definition) is 1. The summed E-state index contributed by atoms with van der Waals surface area (Å²) in [5.41, 5.74) is 8.89. The smallest absolute Gasteiger partial charge is 0.127 e. The summed E-state index contributed by atoms with van der Waals surface area (Å²) in [6, 6.07) is 35.6. The number of ether oxygens (including phenoxy) is 1. The zero-order valence-corrected chi connectivity index (χ0v) is 16.3. The highest BCUT2D eigenvalue weighted by Gasteiger charge is 2.12. The average molecular weight is 385 g/mol. The van der Waals surface area contributed by atoms with Crippen LogP contribution in [0.5, 0.6) is 11.5 Å². The van der Waals surface area contributed by atoms with E-state index in [1.807, 2.05) is 36.4 Å². The van der Waals surface area contributed by atoms with Gasteiger partial charge in [-0.1, -0.05) is 66.7 Å². The summed E-state index contributed by atoms with van der Waals surface area (Å²) < 4.78 is 5.95. The second-order valence-electron chi connectivity index (χ2n) is 7.66. The van der Waals surface area contributed by atoms with E-state index in [1.165, 1.54) is 43.4 Å². The Morgan fingerprint density at radius 1 is 0.500 bits per heavy atom. The van der Waals surface area contributed by atoms with Crippen LogP contribution in [-0.4, -0.2) is 0 Å². The molecule has 0 unspecified atom stereocenters. The second-order valence-corrected chi connectivity index (χ2v) is 7.66. The largest absolute Gasteiger partial charge is 0.457 e. The summed E-state index contributed by atoms with van der Waals surface area (Å²) in [5.74, 6) is 1.58. The van der Waals surface area contributed by atoms with E-state index in [4.69, 9.17) is 10.5 Å². The van der Waals surface area contributed by atoms with E-state index >= 15 is 0 Å². The first kappa shape index (κ1) is 16.9. The molecular weight excluding hydrogens is 366 g/mol. The topological polar surface area (TPSA) is 35.2 Å². The quantitative estimate of drug-likeness (QED) is 0.251. The third-order valence-corrected chi connectivity index (χ3v) is 5.81. The molecule has 0 atom stereocenters. The molecule has 6 rings (SSSR count). The molecule has 0 saturated heterocycles. The highest BCUT2D eigenvalue weighted by molar-refractivity contribution is 6.25. The molecule has 2 N–H and O–H groups in total. The lowest BCUT2D eigenvalue weighted by molar-refractivity contribution is 0.483. The van der Waals surface area contributed by atoms with Crippen LogP contribution in [0.4, 0.5) is 5.69 Å². The molecule has 0 aliphatic heterocycles. The van der Waals surface area contributed by atoms with Gasteiger partial charge >= 0.3 is 0 Å². The summed E-state index contributed by atoms with van der Waals surface area (Å²) in [6.07, 6.45) is 0. The minimum absolute atomic E-state index is 0.728. The fraction of sp³-hybridized carbons (Fsp3) is 0. The average Bonchev–Trinajstić information content (AvgIpc) is 2.79. The third kappa shape index (κ3) is 2.66. The van der Waals surface area contributed by atoms with Crippen molar-refractivity contribution in [2.45, 2.75) is 0 Å². The molecule has 2 heteroatoms. The van der Waals surface area contributed by atoms with Crippen molar-refractivity contribution in [3.05, 3.63) is 103 Å².